The summed E-state index contributed by atoms with van der Waals surface area (Å²) in [6.07, 6.45) is 1.66. The molecular formula is C18H29ClN2O2. The molecule has 0 aromatic heterocycles. The van der Waals surface area contributed by atoms with E-state index in [9.17, 15) is 4.79 Å². The van der Waals surface area contributed by atoms with E-state index in [0.29, 0.717) is 5.92 Å². The summed E-state index contributed by atoms with van der Waals surface area (Å²) in [5.74, 6) is 1.15. The number of nitrogens with one attached hydrogen (secondary N) is 2. The van der Waals surface area contributed by atoms with Gasteiger partial charge in [0.15, 0.2) is 6.10 Å². The van der Waals surface area contributed by atoms with E-state index < -0.39 is 6.10 Å². The van der Waals surface area contributed by atoms with Crippen molar-refractivity contribution in [3.8, 4) is 5.75 Å². The number of rotatable bonds is 5. The molecule has 1 aromatic rings. The molecule has 0 spiro atoms. The molecule has 5 heteroatoms. The quantitative estimate of drug-likeness (QED) is 0.865. The van der Waals surface area contributed by atoms with Gasteiger partial charge in [-0.05, 0) is 56.3 Å². The summed E-state index contributed by atoms with van der Waals surface area (Å²) in [6.45, 7) is 10.0. The number of benzene rings is 1. The number of ether oxygens (including phenoxy) is 1. The molecule has 1 aliphatic rings. The second kappa shape index (κ2) is 9.14. The second-order valence-corrected chi connectivity index (χ2v) is 6.51. The molecule has 1 saturated heterocycles. The van der Waals surface area contributed by atoms with Crippen LogP contribution in [0.5, 0.6) is 5.75 Å². The van der Waals surface area contributed by atoms with Crippen molar-refractivity contribution >= 4 is 18.3 Å². The van der Waals surface area contributed by atoms with Crippen molar-refractivity contribution in [2.24, 2.45) is 0 Å². The molecule has 0 radical (unpaired) electrons. The summed E-state index contributed by atoms with van der Waals surface area (Å²) in [5, 5.41) is 6.38. The average molecular weight is 341 g/mol. The Morgan fingerprint density at radius 1 is 1.35 bits per heavy atom. The summed E-state index contributed by atoms with van der Waals surface area (Å²) in [7, 11) is 0. The largest absolute Gasteiger partial charge is 0.481 e. The summed E-state index contributed by atoms with van der Waals surface area (Å²) in [4.78, 5) is 12.3. The number of hydrogen-bond donors (Lipinski definition) is 2. The molecule has 0 aliphatic carbocycles. The van der Waals surface area contributed by atoms with Crippen LogP contribution in [0.2, 0.25) is 0 Å². The first-order valence-corrected chi connectivity index (χ1v) is 8.25. The Kier molecular flexibility index (Phi) is 7.86. The standard InChI is InChI=1S/C18H28N2O2.ClH/c1-12(2)16-8-7-13(3)10-17(16)22-14(4)18(21)20-15-6-5-9-19-11-15;/h7-8,10,12,14-15,19H,5-6,9,11H2,1-4H3,(H,20,21);1H. The predicted molar refractivity (Wildman–Crippen MR) is 96.6 cm³/mol. The molecule has 0 bridgehead atoms. The third-order valence-electron chi connectivity index (χ3n) is 4.11. The van der Waals surface area contributed by atoms with Crippen LogP contribution in [-0.4, -0.2) is 31.1 Å². The van der Waals surface area contributed by atoms with E-state index in [2.05, 4.69) is 36.6 Å². The van der Waals surface area contributed by atoms with Gasteiger partial charge in [-0.3, -0.25) is 4.79 Å². The molecule has 1 amide bonds. The zero-order valence-electron chi connectivity index (χ0n) is 14.5. The number of hydrogen-bond acceptors (Lipinski definition) is 3. The van der Waals surface area contributed by atoms with E-state index >= 15 is 0 Å². The molecule has 0 saturated carbocycles. The lowest BCUT2D eigenvalue weighted by Gasteiger charge is -2.26. The van der Waals surface area contributed by atoms with Crippen molar-refractivity contribution in [1.29, 1.82) is 0 Å². The van der Waals surface area contributed by atoms with Gasteiger partial charge in [-0.15, -0.1) is 12.4 Å². The molecular weight excluding hydrogens is 312 g/mol. The molecule has 1 aromatic carbocycles. The number of amides is 1. The fraction of sp³-hybridized carbons (Fsp3) is 0.611. The Bertz CT molecular complexity index is 514. The molecule has 2 atom stereocenters. The monoisotopic (exact) mass is 340 g/mol. The van der Waals surface area contributed by atoms with E-state index in [-0.39, 0.29) is 24.4 Å². The van der Waals surface area contributed by atoms with Crippen LogP contribution in [0.25, 0.3) is 0 Å². The molecule has 1 fully saturated rings. The van der Waals surface area contributed by atoms with Crippen molar-refractivity contribution in [2.75, 3.05) is 13.1 Å². The minimum Gasteiger partial charge on any atom is -0.481 e. The normalized spacial score (nSPS) is 18.9. The van der Waals surface area contributed by atoms with Gasteiger partial charge >= 0.3 is 0 Å². The zero-order chi connectivity index (χ0) is 16.1. The molecule has 1 heterocycles. The van der Waals surface area contributed by atoms with E-state index in [1.165, 1.54) is 0 Å². The summed E-state index contributed by atoms with van der Waals surface area (Å²) in [6, 6.07) is 6.40. The first kappa shape index (κ1) is 19.8. The number of piperidine rings is 1. The highest BCUT2D eigenvalue weighted by molar-refractivity contribution is 5.85. The van der Waals surface area contributed by atoms with Gasteiger partial charge in [0.25, 0.3) is 5.91 Å². The van der Waals surface area contributed by atoms with E-state index in [4.69, 9.17) is 4.74 Å². The molecule has 23 heavy (non-hydrogen) atoms. The summed E-state index contributed by atoms with van der Waals surface area (Å²) >= 11 is 0. The highest BCUT2D eigenvalue weighted by Gasteiger charge is 2.21. The van der Waals surface area contributed by atoms with Crippen molar-refractivity contribution in [3.05, 3.63) is 29.3 Å². The van der Waals surface area contributed by atoms with Crippen molar-refractivity contribution < 1.29 is 9.53 Å². The number of halogens is 1. The topological polar surface area (TPSA) is 50.4 Å². The molecule has 4 nitrogen and oxygen atoms in total. The van der Waals surface area contributed by atoms with Gasteiger partial charge < -0.3 is 15.4 Å². The zero-order valence-corrected chi connectivity index (χ0v) is 15.3. The molecule has 130 valence electrons. The maximum Gasteiger partial charge on any atom is 0.261 e. The highest BCUT2D eigenvalue weighted by atomic mass is 35.5. The van der Waals surface area contributed by atoms with Crippen LogP contribution in [0.15, 0.2) is 18.2 Å². The van der Waals surface area contributed by atoms with Crippen LogP contribution in [0, 0.1) is 6.92 Å². The van der Waals surface area contributed by atoms with Gasteiger partial charge in [-0.1, -0.05) is 26.0 Å². The molecule has 2 N–H and O–H groups in total. The average Bonchev–Trinajstić information content (AvgIpc) is 2.48. The third kappa shape index (κ3) is 5.70. The van der Waals surface area contributed by atoms with Crippen LogP contribution >= 0.6 is 12.4 Å². The first-order valence-electron chi connectivity index (χ1n) is 8.25. The van der Waals surface area contributed by atoms with Crippen LogP contribution in [-0.2, 0) is 4.79 Å². The molecule has 1 aliphatic heterocycles. The predicted octanol–water partition coefficient (Wildman–Crippen LogP) is 3.18. The smallest absolute Gasteiger partial charge is 0.261 e. The van der Waals surface area contributed by atoms with Crippen molar-refractivity contribution in [1.82, 2.24) is 10.6 Å². The minimum atomic E-state index is -0.485. The van der Waals surface area contributed by atoms with Crippen LogP contribution in [0.1, 0.15) is 50.7 Å². The van der Waals surface area contributed by atoms with Gasteiger partial charge in [0.2, 0.25) is 0 Å². The number of carbonyl (C=O) groups excluding carboxylic acids is 1. The van der Waals surface area contributed by atoms with Gasteiger partial charge in [0.05, 0.1) is 0 Å². The maximum absolute atomic E-state index is 12.3. The van der Waals surface area contributed by atoms with Gasteiger partial charge in [0.1, 0.15) is 5.75 Å². The maximum atomic E-state index is 12.3. The Morgan fingerprint density at radius 3 is 2.70 bits per heavy atom. The van der Waals surface area contributed by atoms with Crippen LogP contribution in [0.3, 0.4) is 0 Å². The number of carbonyl (C=O) groups is 1. The number of aryl methyl sites for hydroxylation is 1. The van der Waals surface area contributed by atoms with Gasteiger partial charge in [0, 0.05) is 12.6 Å². The van der Waals surface area contributed by atoms with E-state index in [1.807, 2.05) is 19.9 Å². The molecule has 2 rings (SSSR count). The third-order valence-corrected chi connectivity index (χ3v) is 4.11. The first-order chi connectivity index (χ1) is 10.5. The van der Waals surface area contributed by atoms with Crippen LogP contribution in [0.4, 0.5) is 0 Å². The van der Waals surface area contributed by atoms with Gasteiger partial charge in [-0.25, -0.2) is 0 Å². The lowest BCUT2D eigenvalue weighted by molar-refractivity contribution is -0.128. The Balaban J connectivity index is 0.00000264. The van der Waals surface area contributed by atoms with E-state index in [0.717, 1.165) is 42.8 Å². The summed E-state index contributed by atoms with van der Waals surface area (Å²) in [5.41, 5.74) is 2.29. The Morgan fingerprint density at radius 2 is 2.09 bits per heavy atom. The highest BCUT2D eigenvalue weighted by Crippen LogP contribution is 2.28. The van der Waals surface area contributed by atoms with Crippen LogP contribution < -0.4 is 15.4 Å². The Labute approximate surface area is 145 Å². The van der Waals surface area contributed by atoms with Crippen molar-refractivity contribution in [2.45, 2.75) is 58.6 Å². The van der Waals surface area contributed by atoms with Gasteiger partial charge in [-0.2, -0.15) is 0 Å². The summed E-state index contributed by atoms with van der Waals surface area (Å²) < 4.78 is 5.96. The fourth-order valence-corrected chi connectivity index (χ4v) is 2.76. The fourth-order valence-electron chi connectivity index (χ4n) is 2.76. The molecule has 2 unspecified atom stereocenters. The Hall–Kier alpha value is -1.26. The van der Waals surface area contributed by atoms with E-state index in [1.54, 1.807) is 0 Å². The van der Waals surface area contributed by atoms with Crippen molar-refractivity contribution in [3.63, 3.8) is 0 Å². The lowest BCUT2D eigenvalue weighted by atomic mass is 10.0. The minimum absolute atomic E-state index is 0. The SMILES string of the molecule is Cc1ccc(C(C)C)c(OC(C)C(=O)NC2CCCNC2)c1.Cl. The lowest BCUT2D eigenvalue weighted by Crippen LogP contribution is -2.49. The second-order valence-electron chi connectivity index (χ2n) is 6.51.